The molecule has 15 heavy (non-hydrogen) atoms. The minimum Gasteiger partial charge on any atom is -0.313 e. The predicted octanol–water partition coefficient (Wildman–Crippen LogP) is 3.24. The van der Waals surface area contributed by atoms with E-state index >= 15 is 0 Å². The van der Waals surface area contributed by atoms with Crippen LogP contribution in [0.3, 0.4) is 0 Å². The Morgan fingerprint density at radius 2 is 1.80 bits per heavy atom. The summed E-state index contributed by atoms with van der Waals surface area (Å²) in [6.07, 6.45) is 4.91. The lowest BCUT2D eigenvalue weighted by Crippen LogP contribution is -2.16. The zero-order chi connectivity index (χ0) is 11.5. The number of pyridine rings is 1. The van der Waals surface area contributed by atoms with Crippen molar-refractivity contribution in [2.75, 3.05) is 6.54 Å². The summed E-state index contributed by atoms with van der Waals surface area (Å²) in [5.74, 6) is 0.782. The monoisotopic (exact) mass is 208 g/mol. The van der Waals surface area contributed by atoms with Gasteiger partial charge in [0.05, 0.1) is 0 Å². The molecular weight excluding hydrogens is 184 g/mol. The first-order valence-electron chi connectivity index (χ1n) is 5.88. The summed E-state index contributed by atoms with van der Waals surface area (Å²) in [5.41, 5.74) is 1.30. The minimum absolute atomic E-state index is 0.782. The normalized spacial score (nSPS) is 9.67. The van der Waals surface area contributed by atoms with Crippen LogP contribution in [0.25, 0.3) is 0 Å². The van der Waals surface area contributed by atoms with Crippen molar-refractivity contribution < 1.29 is 0 Å². The molecule has 0 spiro atoms. The summed E-state index contributed by atoms with van der Waals surface area (Å²) >= 11 is 0. The van der Waals surface area contributed by atoms with Crippen LogP contribution in [-0.2, 0) is 6.54 Å². The highest BCUT2D eigenvalue weighted by Gasteiger charge is 1.93. The second kappa shape index (κ2) is 9.66. The van der Waals surface area contributed by atoms with Crippen LogP contribution in [0.5, 0.6) is 0 Å². The molecule has 0 radical (unpaired) electrons. The van der Waals surface area contributed by atoms with Gasteiger partial charge in [-0.1, -0.05) is 27.7 Å². The molecule has 1 aromatic heterocycles. The fourth-order valence-corrected chi connectivity index (χ4v) is 1.12. The predicted molar refractivity (Wildman–Crippen MR) is 66.7 cm³/mol. The van der Waals surface area contributed by atoms with E-state index in [0.717, 1.165) is 19.0 Å². The quantitative estimate of drug-likeness (QED) is 0.751. The van der Waals surface area contributed by atoms with Crippen molar-refractivity contribution in [1.29, 1.82) is 0 Å². The van der Waals surface area contributed by atoms with E-state index in [4.69, 9.17) is 0 Å². The number of nitrogens with one attached hydrogen (secondary N) is 1. The molecule has 0 unspecified atom stereocenters. The Balaban J connectivity index is 0.000000921. The van der Waals surface area contributed by atoms with Crippen molar-refractivity contribution in [3.63, 3.8) is 0 Å². The molecule has 0 aliphatic rings. The highest BCUT2D eigenvalue weighted by molar-refractivity contribution is 5.08. The molecule has 0 aliphatic heterocycles. The molecule has 0 aliphatic carbocycles. The van der Waals surface area contributed by atoms with Crippen LogP contribution in [0.4, 0.5) is 0 Å². The SMILES string of the molecule is CC.CC(C)CCNCc1ccncc1. The van der Waals surface area contributed by atoms with Gasteiger partial charge >= 0.3 is 0 Å². The number of hydrogen-bond acceptors (Lipinski definition) is 2. The van der Waals surface area contributed by atoms with Gasteiger partial charge in [0.2, 0.25) is 0 Å². The third-order valence-electron chi connectivity index (χ3n) is 1.98. The third kappa shape index (κ3) is 8.13. The average Bonchev–Trinajstić information content (AvgIpc) is 2.28. The summed E-state index contributed by atoms with van der Waals surface area (Å²) in [6, 6.07) is 4.09. The first-order valence-corrected chi connectivity index (χ1v) is 5.88. The zero-order valence-corrected chi connectivity index (χ0v) is 10.5. The van der Waals surface area contributed by atoms with E-state index in [2.05, 4.69) is 24.1 Å². The van der Waals surface area contributed by atoms with Gasteiger partial charge in [0.1, 0.15) is 0 Å². The maximum atomic E-state index is 3.97. The first kappa shape index (κ1) is 14.1. The summed E-state index contributed by atoms with van der Waals surface area (Å²) in [4.78, 5) is 3.97. The maximum absolute atomic E-state index is 3.97. The van der Waals surface area contributed by atoms with Gasteiger partial charge in [-0.3, -0.25) is 4.98 Å². The van der Waals surface area contributed by atoms with Gasteiger partial charge < -0.3 is 5.32 Å². The molecule has 0 atom stereocenters. The summed E-state index contributed by atoms with van der Waals surface area (Å²) in [6.45, 7) is 10.5. The van der Waals surface area contributed by atoms with Gasteiger partial charge in [-0.2, -0.15) is 0 Å². The van der Waals surface area contributed by atoms with Crippen LogP contribution in [0.2, 0.25) is 0 Å². The standard InChI is InChI=1S/C11H18N2.C2H6/c1-10(2)3-6-13-9-11-4-7-12-8-5-11;1-2/h4-5,7-8,10,13H,3,6,9H2,1-2H3;1-2H3. The molecule has 0 saturated heterocycles. The van der Waals surface area contributed by atoms with Crippen LogP contribution >= 0.6 is 0 Å². The topological polar surface area (TPSA) is 24.9 Å². The van der Waals surface area contributed by atoms with Gasteiger partial charge in [-0.25, -0.2) is 0 Å². The fraction of sp³-hybridized carbons (Fsp3) is 0.615. The molecule has 1 aromatic rings. The lowest BCUT2D eigenvalue weighted by atomic mass is 10.1. The van der Waals surface area contributed by atoms with Gasteiger partial charge in [0.25, 0.3) is 0 Å². The molecule has 0 fully saturated rings. The molecular formula is C13H24N2. The summed E-state index contributed by atoms with van der Waals surface area (Å²) in [7, 11) is 0. The second-order valence-corrected chi connectivity index (χ2v) is 3.71. The zero-order valence-electron chi connectivity index (χ0n) is 10.5. The Kier molecular flexibility index (Phi) is 9.08. The van der Waals surface area contributed by atoms with Crippen molar-refractivity contribution in [2.24, 2.45) is 5.92 Å². The minimum atomic E-state index is 0.782. The number of nitrogens with zero attached hydrogens (tertiary/aromatic N) is 1. The molecule has 0 bridgehead atoms. The third-order valence-corrected chi connectivity index (χ3v) is 1.98. The van der Waals surface area contributed by atoms with E-state index < -0.39 is 0 Å². The van der Waals surface area contributed by atoms with Crippen LogP contribution in [0.15, 0.2) is 24.5 Å². The van der Waals surface area contributed by atoms with Gasteiger partial charge in [-0.05, 0) is 36.6 Å². The van der Waals surface area contributed by atoms with E-state index in [1.165, 1.54) is 12.0 Å². The molecule has 1 heterocycles. The molecule has 0 aromatic carbocycles. The van der Waals surface area contributed by atoms with Gasteiger partial charge in [-0.15, -0.1) is 0 Å². The summed E-state index contributed by atoms with van der Waals surface area (Å²) in [5, 5.41) is 3.41. The highest BCUT2D eigenvalue weighted by Crippen LogP contribution is 1.98. The Bertz CT molecular complexity index is 219. The van der Waals surface area contributed by atoms with Crippen molar-refractivity contribution in [2.45, 2.75) is 40.7 Å². The average molecular weight is 208 g/mol. The Morgan fingerprint density at radius 1 is 1.20 bits per heavy atom. The van der Waals surface area contributed by atoms with Gasteiger partial charge in [0, 0.05) is 18.9 Å². The van der Waals surface area contributed by atoms with Crippen molar-refractivity contribution in [3.8, 4) is 0 Å². The summed E-state index contributed by atoms with van der Waals surface area (Å²) < 4.78 is 0. The first-order chi connectivity index (χ1) is 7.29. The number of aromatic nitrogens is 1. The number of rotatable bonds is 5. The molecule has 1 N–H and O–H groups in total. The van der Waals surface area contributed by atoms with Crippen LogP contribution in [-0.4, -0.2) is 11.5 Å². The molecule has 0 amide bonds. The van der Waals surface area contributed by atoms with Crippen LogP contribution in [0, 0.1) is 5.92 Å². The Hall–Kier alpha value is -0.890. The Labute approximate surface area is 94.1 Å². The Morgan fingerprint density at radius 3 is 2.33 bits per heavy atom. The molecule has 1 rings (SSSR count). The van der Waals surface area contributed by atoms with E-state index in [-0.39, 0.29) is 0 Å². The number of hydrogen-bond donors (Lipinski definition) is 1. The van der Waals surface area contributed by atoms with E-state index in [1.807, 2.05) is 38.4 Å². The van der Waals surface area contributed by atoms with E-state index in [9.17, 15) is 0 Å². The fourth-order valence-electron chi connectivity index (χ4n) is 1.12. The van der Waals surface area contributed by atoms with E-state index in [0.29, 0.717) is 0 Å². The van der Waals surface area contributed by atoms with Gasteiger partial charge in [0.15, 0.2) is 0 Å². The lowest BCUT2D eigenvalue weighted by molar-refractivity contribution is 0.537. The van der Waals surface area contributed by atoms with Crippen molar-refractivity contribution in [1.82, 2.24) is 10.3 Å². The largest absolute Gasteiger partial charge is 0.313 e. The second-order valence-electron chi connectivity index (χ2n) is 3.71. The van der Waals surface area contributed by atoms with Crippen LogP contribution < -0.4 is 5.32 Å². The van der Waals surface area contributed by atoms with Crippen LogP contribution in [0.1, 0.15) is 39.7 Å². The lowest BCUT2D eigenvalue weighted by Gasteiger charge is -2.06. The maximum Gasteiger partial charge on any atom is 0.0271 e. The molecule has 2 nitrogen and oxygen atoms in total. The molecule has 2 heteroatoms. The highest BCUT2D eigenvalue weighted by atomic mass is 14.8. The van der Waals surface area contributed by atoms with Crippen molar-refractivity contribution >= 4 is 0 Å². The van der Waals surface area contributed by atoms with E-state index in [1.54, 1.807) is 0 Å². The van der Waals surface area contributed by atoms with Crippen molar-refractivity contribution in [3.05, 3.63) is 30.1 Å². The molecule has 86 valence electrons. The smallest absolute Gasteiger partial charge is 0.0271 e. The molecule has 0 saturated carbocycles.